The average molecular weight is 338 g/mol. The van der Waals surface area contributed by atoms with Gasteiger partial charge in [-0.25, -0.2) is 0 Å². The highest BCUT2D eigenvalue weighted by Gasteiger charge is 2.35. The molecule has 3 rings (SSSR count). The normalized spacial score (nSPS) is 20.3. The van der Waals surface area contributed by atoms with Crippen LogP contribution < -0.4 is 10.5 Å². The minimum atomic E-state index is -0.619. The molecule has 1 saturated carbocycles. The van der Waals surface area contributed by atoms with Gasteiger partial charge in [0.2, 0.25) is 0 Å². The number of rotatable bonds is 3. The number of benzene rings is 1. The predicted molar refractivity (Wildman–Crippen MR) is 82.1 cm³/mol. The van der Waals surface area contributed by atoms with Gasteiger partial charge in [0.15, 0.2) is 5.78 Å². The number of ketones is 1. The molecule has 108 valence electrons. The molecule has 2 aliphatic rings. The molecule has 0 amide bonds. The zero-order chi connectivity index (χ0) is 14.2. The van der Waals surface area contributed by atoms with Crippen molar-refractivity contribution in [1.82, 2.24) is 0 Å². The van der Waals surface area contributed by atoms with E-state index in [1.54, 1.807) is 0 Å². The van der Waals surface area contributed by atoms with Crippen molar-refractivity contribution in [3.8, 4) is 5.75 Å². The van der Waals surface area contributed by atoms with Crippen LogP contribution in [0.25, 0.3) is 0 Å². The fourth-order valence-corrected chi connectivity index (χ4v) is 3.84. The molecule has 1 aliphatic heterocycles. The van der Waals surface area contributed by atoms with Gasteiger partial charge in [-0.2, -0.15) is 0 Å². The number of hydrogen-bond acceptors (Lipinski definition) is 3. The Bertz CT molecular complexity index is 536. The first-order valence-corrected chi connectivity index (χ1v) is 8.14. The van der Waals surface area contributed by atoms with Crippen LogP contribution in [0.3, 0.4) is 0 Å². The summed E-state index contributed by atoms with van der Waals surface area (Å²) in [5, 5.41) is 0. The predicted octanol–water partition coefficient (Wildman–Crippen LogP) is 3.16. The van der Waals surface area contributed by atoms with Crippen LogP contribution in [-0.4, -0.2) is 17.9 Å². The van der Waals surface area contributed by atoms with E-state index in [1.165, 1.54) is 12.0 Å². The number of halogens is 1. The first-order chi connectivity index (χ1) is 9.58. The average Bonchev–Trinajstić information content (AvgIpc) is 2.87. The highest BCUT2D eigenvalue weighted by Crippen LogP contribution is 2.35. The molecule has 1 aromatic carbocycles. The van der Waals surface area contributed by atoms with Gasteiger partial charge in [-0.3, -0.25) is 4.79 Å². The second-order valence-corrected chi connectivity index (χ2v) is 6.88. The van der Waals surface area contributed by atoms with Crippen LogP contribution in [0.4, 0.5) is 0 Å². The number of ether oxygens (including phenoxy) is 1. The summed E-state index contributed by atoms with van der Waals surface area (Å²) in [6.45, 7) is 0.709. The lowest BCUT2D eigenvalue weighted by molar-refractivity contribution is -0.124. The number of hydrogen-bond donors (Lipinski definition) is 1. The maximum Gasteiger partial charge on any atom is 0.157 e. The van der Waals surface area contributed by atoms with Crippen LogP contribution in [0.1, 0.15) is 43.2 Å². The van der Waals surface area contributed by atoms with E-state index in [2.05, 4.69) is 22.0 Å². The molecule has 4 heteroatoms. The number of carbonyl (C=O) groups is 1. The van der Waals surface area contributed by atoms with Crippen LogP contribution in [0.15, 0.2) is 16.6 Å². The number of carbonyl (C=O) groups excluding carboxylic acids is 1. The van der Waals surface area contributed by atoms with Gasteiger partial charge in [0.25, 0.3) is 0 Å². The van der Waals surface area contributed by atoms with Gasteiger partial charge in [-0.15, -0.1) is 0 Å². The maximum atomic E-state index is 12.6. The van der Waals surface area contributed by atoms with Crippen LogP contribution in [0.2, 0.25) is 0 Å². The SMILES string of the molecule is NC1(C(=O)Cc2cc(Br)cc3c2OCC3)CCCCC1. The van der Waals surface area contributed by atoms with Gasteiger partial charge in [-0.1, -0.05) is 35.2 Å². The van der Waals surface area contributed by atoms with Gasteiger partial charge in [0.05, 0.1) is 12.1 Å². The lowest BCUT2D eigenvalue weighted by Crippen LogP contribution is -2.50. The summed E-state index contributed by atoms with van der Waals surface area (Å²) >= 11 is 3.52. The van der Waals surface area contributed by atoms with Crippen molar-refractivity contribution in [2.24, 2.45) is 5.73 Å². The van der Waals surface area contributed by atoms with Crippen molar-refractivity contribution in [2.45, 2.75) is 50.5 Å². The second-order valence-electron chi connectivity index (χ2n) is 5.97. The van der Waals surface area contributed by atoms with Gasteiger partial charge >= 0.3 is 0 Å². The molecule has 0 aromatic heterocycles. The van der Waals surface area contributed by atoms with Gasteiger partial charge in [-0.05, 0) is 30.5 Å². The van der Waals surface area contributed by atoms with Crippen LogP contribution in [0.5, 0.6) is 5.75 Å². The molecular weight excluding hydrogens is 318 g/mol. The molecule has 0 bridgehead atoms. The summed E-state index contributed by atoms with van der Waals surface area (Å²) < 4.78 is 6.71. The Labute approximate surface area is 128 Å². The summed E-state index contributed by atoms with van der Waals surface area (Å²) in [7, 11) is 0. The van der Waals surface area contributed by atoms with Gasteiger partial charge in [0.1, 0.15) is 5.75 Å². The molecule has 20 heavy (non-hydrogen) atoms. The lowest BCUT2D eigenvalue weighted by Gasteiger charge is -2.32. The lowest BCUT2D eigenvalue weighted by atomic mass is 9.77. The molecule has 0 atom stereocenters. The van der Waals surface area contributed by atoms with Crippen molar-refractivity contribution < 1.29 is 9.53 Å². The Balaban J connectivity index is 1.83. The smallest absolute Gasteiger partial charge is 0.157 e. The molecule has 0 saturated heterocycles. The topological polar surface area (TPSA) is 52.3 Å². The monoisotopic (exact) mass is 337 g/mol. The van der Waals surface area contributed by atoms with Gasteiger partial charge < -0.3 is 10.5 Å². The molecular formula is C16H20BrNO2. The van der Waals surface area contributed by atoms with Gasteiger partial charge in [0, 0.05) is 22.9 Å². The second kappa shape index (κ2) is 5.49. The van der Waals surface area contributed by atoms with E-state index in [0.29, 0.717) is 13.0 Å². The van der Waals surface area contributed by atoms with Crippen LogP contribution in [0, 0.1) is 0 Å². The summed E-state index contributed by atoms with van der Waals surface area (Å²) in [5.74, 6) is 1.06. The van der Waals surface area contributed by atoms with Crippen molar-refractivity contribution in [3.63, 3.8) is 0 Å². The molecule has 3 nitrogen and oxygen atoms in total. The van der Waals surface area contributed by atoms with E-state index in [4.69, 9.17) is 10.5 Å². The summed E-state index contributed by atoms with van der Waals surface area (Å²) in [6.07, 6.45) is 6.28. The third kappa shape index (κ3) is 2.63. The fourth-order valence-electron chi connectivity index (χ4n) is 3.29. The number of nitrogens with two attached hydrogens (primary N) is 1. The molecule has 1 aliphatic carbocycles. The molecule has 1 aromatic rings. The summed E-state index contributed by atoms with van der Waals surface area (Å²) in [6, 6.07) is 4.07. The quantitative estimate of drug-likeness (QED) is 0.921. The van der Waals surface area contributed by atoms with Crippen molar-refractivity contribution in [2.75, 3.05) is 6.61 Å². The molecule has 1 heterocycles. The summed E-state index contributed by atoms with van der Waals surface area (Å²) in [5.41, 5.74) is 7.88. The van der Waals surface area contributed by atoms with E-state index in [9.17, 15) is 4.79 Å². The Kier molecular flexibility index (Phi) is 3.87. The minimum absolute atomic E-state index is 0.160. The van der Waals surface area contributed by atoms with Crippen LogP contribution >= 0.6 is 15.9 Å². The van der Waals surface area contributed by atoms with Crippen LogP contribution in [-0.2, 0) is 17.6 Å². The summed E-state index contributed by atoms with van der Waals surface area (Å²) in [4.78, 5) is 12.6. The number of fused-ring (bicyclic) bond motifs is 1. The third-order valence-corrected chi connectivity index (χ3v) is 4.94. The maximum absolute atomic E-state index is 12.6. The fraction of sp³-hybridized carbons (Fsp3) is 0.562. The van der Waals surface area contributed by atoms with E-state index >= 15 is 0 Å². The Morgan fingerprint density at radius 3 is 2.80 bits per heavy atom. The van der Waals surface area contributed by atoms with E-state index < -0.39 is 5.54 Å². The zero-order valence-corrected chi connectivity index (χ0v) is 13.2. The molecule has 0 spiro atoms. The number of Topliss-reactive ketones (excluding diaryl/α,β-unsaturated/α-hetero) is 1. The van der Waals surface area contributed by atoms with Crippen molar-refractivity contribution in [1.29, 1.82) is 0 Å². The third-order valence-electron chi connectivity index (χ3n) is 4.48. The van der Waals surface area contributed by atoms with Crippen molar-refractivity contribution >= 4 is 21.7 Å². The zero-order valence-electron chi connectivity index (χ0n) is 11.6. The molecule has 0 unspecified atom stereocenters. The molecule has 1 fully saturated rings. The highest BCUT2D eigenvalue weighted by atomic mass is 79.9. The highest BCUT2D eigenvalue weighted by molar-refractivity contribution is 9.10. The molecule has 0 radical (unpaired) electrons. The Morgan fingerprint density at radius 1 is 1.30 bits per heavy atom. The van der Waals surface area contributed by atoms with Crippen molar-refractivity contribution in [3.05, 3.63) is 27.7 Å². The minimum Gasteiger partial charge on any atom is -0.493 e. The van der Waals surface area contributed by atoms with E-state index in [1.807, 2.05) is 6.07 Å². The van der Waals surface area contributed by atoms with E-state index in [0.717, 1.165) is 47.9 Å². The van der Waals surface area contributed by atoms with E-state index in [-0.39, 0.29) is 5.78 Å². The first kappa shape index (κ1) is 14.1. The standard InChI is InChI=1S/C16H20BrNO2/c17-13-8-11-4-7-20-15(11)12(9-13)10-14(19)16(18)5-2-1-3-6-16/h8-9H,1-7,10,18H2. The Morgan fingerprint density at radius 2 is 2.05 bits per heavy atom. The molecule has 2 N–H and O–H groups in total. The Hall–Kier alpha value is -0.870. The first-order valence-electron chi connectivity index (χ1n) is 7.35. The largest absolute Gasteiger partial charge is 0.493 e.